The Balaban J connectivity index is 1.40. The van der Waals surface area contributed by atoms with Gasteiger partial charge in [0.15, 0.2) is 5.78 Å². The van der Waals surface area contributed by atoms with Crippen LogP contribution in [-0.2, 0) is 11.2 Å². The van der Waals surface area contributed by atoms with Gasteiger partial charge in [0, 0.05) is 5.41 Å². The fourth-order valence-corrected chi connectivity index (χ4v) is 6.34. The van der Waals surface area contributed by atoms with E-state index in [1.807, 2.05) is 18.2 Å². The van der Waals surface area contributed by atoms with Crippen molar-refractivity contribution in [2.24, 2.45) is 17.3 Å². The van der Waals surface area contributed by atoms with Crippen molar-refractivity contribution in [3.63, 3.8) is 0 Å². The maximum Gasteiger partial charge on any atom is 0.573 e. The average molecular weight is 442 g/mol. The lowest BCUT2D eigenvalue weighted by Crippen LogP contribution is -2.42. The fourth-order valence-electron chi connectivity index (χ4n) is 6.34. The summed E-state index contributed by atoms with van der Waals surface area (Å²) in [7, 11) is 0. The number of ketones is 1. The molecule has 0 unspecified atom stereocenters. The van der Waals surface area contributed by atoms with Crippen molar-refractivity contribution in [2.45, 2.75) is 51.3 Å². The second kappa shape index (κ2) is 7.39. The van der Waals surface area contributed by atoms with Crippen LogP contribution in [0.1, 0.15) is 55.2 Å². The number of halogens is 3. The van der Waals surface area contributed by atoms with Gasteiger partial charge in [-0.3, -0.25) is 4.79 Å². The molecule has 0 amide bonds. The van der Waals surface area contributed by atoms with Gasteiger partial charge < -0.3 is 9.84 Å². The molecule has 0 aliphatic heterocycles. The predicted octanol–water partition coefficient (Wildman–Crippen LogP) is 6.41. The Morgan fingerprint density at radius 3 is 2.59 bits per heavy atom. The van der Waals surface area contributed by atoms with E-state index >= 15 is 0 Å². The second-order valence-corrected chi connectivity index (χ2v) is 9.57. The third-order valence-corrected chi connectivity index (χ3v) is 7.80. The SMILES string of the molecule is C[C@]12CC[C@H]3c4ccc(O)cc4CC[C@@H]3[C@@H]1C/C(=C\c1ccc(OC(F)(F)F)cc1)C2=O. The molecule has 0 heterocycles. The number of phenols is 1. The summed E-state index contributed by atoms with van der Waals surface area (Å²) < 4.78 is 41.1. The number of carbonyl (C=O) groups excluding carboxylic acids is 1. The minimum atomic E-state index is -4.72. The van der Waals surface area contributed by atoms with Gasteiger partial charge >= 0.3 is 6.36 Å². The first-order chi connectivity index (χ1) is 15.1. The highest BCUT2D eigenvalue weighted by Gasteiger charge is 2.56. The van der Waals surface area contributed by atoms with E-state index < -0.39 is 6.36 Å². The second-order valence-electron chi connectivity index (χ2n) is 9.57. The number of allylic oxidation sites excluding steroid dienone is 1. The van der Waals surface area contributed by atoms with Gasteiger partial charge in [-0.15, -0.1) is 13.2 Å². The van der Waals surface area contributed by atoms with Crippen molar-refractivity contribution in [2.75, 3.05) is 0 Å². The first kappa shape index (κ1) is 21.1. The number of aromatic hydroxyl groups is 1. The largest absolute Gasteiger partial charge is 0.573 e. The summed E-state index contributed by atoms with van der Waals surface area (Å²) in [6.07, 6.45) is 1.50. The number of fused-ring (bicyclic) bond motifs is 5. The van der Waals surface area contributed by atoms with Crippen LogP contribution >= 0.6 is 0 Å². The molecule has 0 saturated heterocycles. The summed E-state index contributed by atoms with van der Waals surface area (Å²) in [5, 5.41) is 9.84. The Hall–Kier alpha value is -2.76. The van der Waals surface area contributed by atoms with E-state index in [-0.39, 0.29) is 22.9 Å². The minimum Gasteiger partial charge on any atom is -0.508 e. The number of carbonyl (C=O) groups is 1. The van der Waals surface area contributed by atoms with Crippen molar-refractivity contribution in [3.05, 3.63) is 64.7 Å². The molecule has 6 heteroatoms. The Kier molecular flexibility index (Phi) is 4.88. The molecule has 2 aromatic carbocycles. The predicted molar refractivity (Wildman–Crippen MR) is 114 cm³/mol. The number of hydrogen-bond donors (Lipinski definition) is 1. The zero-order chi connectivity index (χ0) is 22.7. The van der Waals surface area contributed by atoms with E-state index in [4.69, 9.17) is 0 Å². The molecule has 0 spiro atoms. The van der Waals surface area contributed by atoms with E-state index in [9.17, 15) is 23.1 Å². The van der Waals surface area contributed by atoms with E-state index in [0.29, 0.717) is 29.6 Å². The summed E-state index contributed by atoms with van der Waals surface area (Å²) >= 11 is 0. The van der Waals surface area contributed by atoms with Crippen LogP contribution in [0, 0.1) is 17.3 Å². The first-order valence-corrected chi connectivity index (χ1v) is 11.1. The van der Waals surface area contributed by atoms with Crippen LogP contribution in [0.5, 0.6) is 11.5 Å². The van der Waals surface area contributed by atoms with Crippen molar-refractivity contribution in [1.29, 1.82) is 0 Å². The van der Waals surface area contributed by atoms with E-state index in [1.54, 1.807) is 18.2 Å². The van der Waals surface area contributed by atoms with Crippen LogP contribution in [-0.4, -0.2) is 17.3 Å². The zero-order valence-electron chi connectivity index (χ0n) is 17.8. The molecule has 2 fully saturated rings. The number of ether oxygens (including phenoxy) is 1. The molecular weight excluding hydrogens is 417 g/mol. The monoisotopic (exact) mass is 442 g/mol. The highest BCUT2D eigenvalue weighted by molar-refractivity contribution is 6.06. The van der Waals surface area contributed by atoms with Gasteiger partial charge in [-0.2, -0.15) is 0 Å². The number of phenolic OH excluding ortho intramolecular Hbond substituents is 1. The maximum atomic E-state index is 13.4. The Morgan fingerprint density at radius 2 is 1.88 bits per heavy atom. The van der Waals surface area contributed by atoms with Crippen molar-refractivity contribution >= 4 is 11.9 Å². The van der Waals surface area contributed by atoms with Crippen LogP contribution in [0.2, 0.25) is 0 Å². The molecule has 4 atom stereocenters. The smallest absolute Gasteiger partial charge is 0.508 e. The van der Waals surface area contributed by atoms with Crippen LogP contribution in [0.15, 0.2) is 48.0 Å². The molecule has 0 bridgehead atoms. The molecule has 2 saturated carbocycles. The van der Waals surface area contributed by atoms with E-state index in [0.717, 1.165) is 31.3 Å². The van der Waals surface area contributed by atoms with Gasteiger partial charge in [0.1, 0.15) is 11.5 Å². The summed E-state index contributed by atoms with van der Waals surface area (Å²) in [5.41, 5.74) is 3.61. The summed E-state index contributed by atoms with van der Waals surface area (Å²) in [4.78, 5) is 13.4. The van der Waals surface area contributed by atoms with Gasteiger partial charge in [0.2, 0.25) is 0 Å². The molecule has 3 nitrogen and oxygen atoms in total. The Labute approximate surface area is 184 Å². The number of Topliss-reactive ketones (excluding diaryl/α,β-unsaturated/α-hetero) is 1. The molecule has 5 rings (SSSR count). The number of benzene rings is 2. The molecule has 2 aromatic rings. The number of aryl methyl sites for hydroxylation is 1. The lowest BCUT2D eigenvalue weighted by Gasteiger charge is -2.48. The molecule has 1 N–H and O–H groups in total. The van der Waals surface area contributed by atoms with E-state index in [1.165, 1.54) is 23.3 Å². The van der Waals surface area contributed by atoms with Crippen molar-refractivity contribution in [3.8, 4) is 11.5 Å². The molecule has 0 aromatic heterocycles. The first-order valence-electron chi connectivity index (χ1n) is 11.1. The third-order valence-electron chi connectivity index (χ3n) is 7.80. The van der Waals surface area contributed by atoms with Crippen LogP contribution < -0.4 is 4.74 Å². The highest BCUT2D eigenvalue weighted by Crippen LogP contribution is 2.60. The molecule has 3 aliphatic carbocycles. The number of alkyl halides is 3. The topological polar surface area (TPSA) is 46.5 Å². The lowest BCUT2D eigenvalue weighted by molar-refractivity contribution is -0.274. The Bertz CT molecular complexity index is 1090. The fraction of sp³-hybridized carbons (Fsp3) is 0.423. The zero-order valence-corrected chi connectivity index (χ0v) is 17.8. The Morgan fingerprint density at radius 1 is 1.12 bits per heavy atom. The van der Waals surface area contributed by atoms with Crippen LogP contribution in [0.25, 0.3) is 6.08 Å². The summed E-state index contributed by atoms with van der Waals surface area (Å²) in [6, 6.07) is 11.3. The minimum absolute atomic E-state index is 0.174. The van der Waals surface area contributed by atoms with Crippen molar-refractivity contribution in [1.82, 2.24) is 0 Å². The number of rotatable bonds is 2. The standard InChI is InChI=1S/C26H25F3O3/c1-25-11-10-21-20-9-5-18(30)13-16(20)4-8-22(21)23(25)14-17(24(25)31)12-15-2-6-19(7-3-15)32-26(27,28)29/h2-3,5-7,9,12-13,21-23,30H,4,8,10-11,14H2,1H3/b17-12+/t21-,22-,23-,25-/m0/s1. The van der Waals surface area contributed by atoms with Gasteiger partial charge in [-0.25, -0.2) is 0 Å². The molecule has 32 heavy (non-hydrogen) atoms. The maximum absolute atomic E-state index is 13.4. The van der Waals surface area contributed by atoms with Crippen LogP contribution in [0.4, 0.5) is 13.2 Å². The lowest BCUT2D eigenvalue weighted by atomic mass is 9.55. The number of hydrogen-bond acceptors (Lipinski definition) is 3. The summed E-state index contributed by atoms with van der Waals surface area (Å²) in [5.74, 6) is 1.29. The molecule has 168 valence electrons. The molecule has 0 radical (unpaired) electrons. The van der Waals surface area contributed by atoms with Crippen LogP contribution in [0.3, 0.4) is 0 Å². The molecular formula is C26H25F3O3. The van der Waals surface area contributed by atoms with Gasteiger partial charge in [-0.05, 0) is 102 Å². The third kappa shape index (κ3) is 3.59. The van der Waals surface area contributed by atoms with Crippen molar-refractivity contribution < 1.29 is 27.8 Å². The molecule has 3 aliphatic rings. The summed E-state index contributed by atoms with van der Waals surface area (Å²) in [6.45, 7) is 2.09. The average Bonchev–Trinajstić information content (AvgIpc) is 2.98. The van der Waals surface area contributed by atoms with Gasteiger partial charge in [0.05, 0.1) is 0 Å². The normalized spacial score (nSPS) is 30.6. The van der Waals surface area contributed by atoms with Gasteiger partial charge in [0.25, 0.3) is 0 Å². The van der Waals surface area contributed by atoms with E-state index in [2.05, 4.69) is 11.7 Å². The highest BCUT2D eigenvalue weighted by atomic mass is 19.4. The quantitative estimate of drug-likeness (QED) is 0.547. The van der Waals surface area contributed by atoms with Gasteiger partial charge in [-0.1, -0.05) is 25.1 Å².